The van der Waals surface area contributed by atoms with Crippen molar-refractivity contribution < 1.29 is 19.0 Å². The average Bonchev–Trinajstić information content (AvgIpc) is 3.34. The van der Waals surface area contributed by atoms with Gasteiger partial charge in [0.15, 0.2) is 11.5 Å². The van der Waals surface area contributed by atoms with E-state index in [-0.39, 0.29) is 18.6 Å². The van der Waals surface area contributed by atoms with Crippen molar-refractivity contribution in [3.8, 4) is 11.5 Å². The lowest BCUT2D eigenvalue weighted by Crippen LogP contribution is -2.27. The summed E-state index contributed by atoms with van der Waals surface area (Å²) in [5.74, 6) is 1.41. The van der Waals surface area contributed by atoms with Gasteiger partial charge in [0.25, 0.3) is 0 Å². The van der Waals surface area contributed by atoms with E-state index >= 15 is 0 Å². The molecule has 4 rings (SSSR count). The van der Waals surface area contributed by atoms with E-state index in [4.69, 9.17) is 14.2 Å². The van der Waals surface area contributed by atoms with E-state index in [0.717, 1.165) is 39.9 Å². The van der Waals surface area contributed by atoms with Crippen molar-refractivity contribution in [2.24, 2.45) is 7.05 Å². The molecule has 0 aliphatic carbocycles. The Morgan fingerprint density at radius 3 is 2.90 bits per heavy atom. The fourth-order valence-electron chi connectivity index (χ4n) is 3.89. The molecule has 0 saturated heterocycles. The highest BCUT2D eigenvalue weighted by molar-refractivity contribution is 5.86. The molecular weight excluding hydrogens is 368 g/mol. The number of aryl methyl sites for hydroxylation is 1. The molecule has 152 valence electrons. The molecule has 3 aromatic rings. The smallest absolute Gasteiger partial charge is 0.231 e. The molecule has 1 aliphatic rings. The summed E-state index contributed by atoms with van der Waals surface area (Å²) in [6.07, 6.45) is 3.28. The largest absolute Gasteiger partial charge is 0.454 e. The number of benzene rings is 2. The second-order valence-electron chi connectivity index (χ2n) is 7.28. The summed E-state index contributed by atoms with van der Waals surface area (Å²) < 4.78 is 18.2. The van der Waals surface area contributed by atoms with Gasteiger partial charge in [-0.1, -0.05) is 24.3 Å². The number of carbonyl (C=O) groups excluding carboxylic acids is 1. The molecule has 1 aliphatic heterocycles. The van der Waals surface area contributed by atoms with Gasteiger partial charge in [0.05, 0.1) is 0 Å². The number of ether oxygens (including phenoxy) is 3. The zero-order chi connectivity index (χ0) is 20.2. The number of hydrogen-bond acceptors (Lipinski definition) is 4. The van der Waals surface area contributed by atoms with Gasteiger partial charge in [0.2, 0.25) is 12.7 Å². The predicted molar refractivity (Wildman–Crippen MR) is 111 cm³/mol. The summed E-state index contributed by atoms with van der Waals surface area (Å²) in [5, 5.41) is 4.17. The quantitative estimate of drug-likeness (QED) is 0.593. The monoisotopic (exact) mass is 394 g/mol. The van der Waals surface area contributed by atoms with Crippen molar-refractivity contribution in [3.63, 3.8) is 0 Å². The Bertz CT molecular complexity index is 1010. The lowest BCUT2D eigenvalue weighted by molar-refractivity contribution is -0.121. The third kappa shape index (κ3) is 4.07. The van der Waals surface area contributed by atoms with Crippen LogP contribution in [-0.4, -0.2) is 37.5 Å². The lowest BCUT2D eigenvalue weighted by Gasteiger charge is -2.18. The van der Waals surface area contributed by atoms with Gasteiger partial charge in [-0.05, 0) is 35.7 Å². The number of carbonyl (C=O) groups is 1. The molecule has 0 radical (unpaired) electrons. The number of para-hydroxylation sites is 1. The van der Waals surface area contributed by atoms with Gasteiger partial charge in [-0.15, -0.1) is 0 Å². The van der Waals surface area contributed by atoms with Crippen LogP contribution in [-0.2, 0) is 16.6 Å². The number of rotatable bonds is 8. The number of hydrogen-bond donors (Lipinski definition) is 1. The minimum absolute atomic E-state index is 0.0247. The average molecular weight is 394 g/mol. The van der Waals surface area contributed by atoms with Crippen LogP contribution in [0.1, 0.15) is 29.9 Å². The minimum Gasteiger partial charge on any atom is -0.454 e. The number of amides is 1. The Balaban J connectivity index is 1.66. The number of fused-ring (bicyclic) bond motifs is 2. The normalized spacial score (nSPS) is 13.6. The van der Waals surface area contributed by atoms with Crippen LogP contribution in [0.25, 0.3) is 10.9 Å². The van der Waals surface area contributed by atoms with Gasteiger partial charge >= 0.3 is 0 Å². The predicted octanol–water partition coefficient (Wildman–Crippen LogP) is 3.58. The highest BCUT2D eigenvalue weighted by atomic mass is 16.7. The van der Waals surface area contributed by atoms with Crippen molar-refractivity contribution >= 4 is 16.8 Å². The number of nitrogens with one attached hydrogen (secondary N) is 1. The van der Waals surface area contributed by atoms with Gasteiger partial charge in [0, 0.05) is 56.7 Å². The molecule has 2 aromatic carbocycles. The Labute approximate surface area is 170 Å². The summed E-state index contributed by atoms with van der Waals surface area (Å²) in [7, 11) is 3.70. The first-order valence-electron chi connectivity index (χ1n) is 9.86. The second kappa shape index (κ2) is 8.57. The van der Waals surface area contributed by atoms with Crippen molar-refractivity contribution in [1.29, 1.82) is 0 Å². The molecule has 2 heterocycles. The number of methoxy groups -OCH3 is 1. The standard InChI is InChI=1S/C23H26N2O4/c1-25-14-19(17-6-3-4-7-20(17)25)18(13-23(26)24-10-5-11-27-2)16-8-9-21-22(12-16)29-15-28-21/h3-4,6-9,12,14,18H,5,10-11,13,15H2,1-2H3,(H,24,26). The third-order valence-corrected chi connectivity index (χ3v) is 5.34. The molecule has 29 heavy (non-hydrogen) atoms. The van der Waals surface area contributed by atoms with Gasteiger partial charge < -0.3 is 24.1 Å². The van der Waals surface area contributed by atoms with Gasteiger partial charge in [-0.25, -0.2) is 0 Å². The van der Waals surface area contributed by atoms with Crippen LogP contribution in [0.15, 0.2) is 48.7 Å². The summed E-state index contributed by atoms with van der Waals surface area (Å²) in [6, 6.07) is 14.2. The molecule has 6 heteroatoms. The van der Waals surface area contributed by atoms with Crippen molar-refractivity contribution in [1.82, 2.24) is 9.88 Å². The Morgan fingerprint density at radius 2 is 2.03 bits per heavy atom. The molecule has 1 unspecified atom stereocenters. The molecule has 6 nitrogen and oxygen atoms in total. The number of nitrogens with zero attached hydrogens (tertiary/aromatic N) is 1. The summed E-state index contributed by atoms with van der Waals surface area (Å²) in [5.41, 5.74) is 3.32. The minimum atomic E-state index is -0.0852. The first-order valence-corrected chi connectivity index (χ1v) is 9.86. The Kier molecular flexibility index (Phi) is 5.71. The molecule has 1 amide bonds. The summed E-state index contributed by atoms with van der Waals surface area (Å²) in [6.45, 7) is 1.48. The molecule has 1 aromatic heterocycles. The highest BCUT2D eigenvalue weighted by Crippen LogP contribution is 2.39. The molecule has 0 spiro atoms. The van der Waals surface area contributed by atoms with Gasteiger partial charge in [-0.3, -0.25) is 4.79 Å². The zero-order valence-corrected chi connectivity index (χ0v) is 16.8. The van der Waals surface area contributed by atoms with E-state index in [0.29, 0.717) is 19.6 Å². The molecule has 0 fully saturated rings. The summed E-state index contributed by atoms with van der Waals surface area (Å²) in [4.78, 5) is 12.7. The maximum atomic E-state index is 12.7. The van der Waals surface area contributed by atoms with E-state index < -0.39 is 0 Å². The summed E-state index contributed by atoms with van der Waals surface area (Å²) >= 11 is 0. The molecule has 1 N–H and O–H groups in total. The second-order valence-corrected chi connectivity index (χ2v) is 7.28. The van der Waals surface area contributed by atoms with E-state index in [1.807, 2.05) is 37.4 Å². The first-order chi connectivity index (χ1) is 14.2. The van der Waals surface area contributed by atoms with Crippen molar-refractivity contribution in [2.45, 2.75) is 18.8 Å². The molecule has 0 bridgehead atoms. The Hall–Kier alpha value is -2.99. The lowest BCUT2D eigenvalue weighted by atomic mass is 9.87. The van der Waals surface area contributed by atoms with Crippen LogP contribution in [0, 0.1) is 0 Å². The number of aromatic nitrogens is 1. The van der Waals surface area contributed by atoms with Crippen molar-refractivity contribution in [3.05, 3.63) is 59.8 Å². The zero-order valence-electron chi connectivity index (χ0n) is 16.8. The van der Waals surface area contributed by atoms with Crippen molar-refractivity contribution in [2.75, 3.05) is 27.1 Å². The van der Waals surface area contributed by atoms with Crippen LogP contribution in [0.2, 0.25) is 0 Å². The van der Waals surface area contributed by atoms with E-state index in [9.17, 15) is 4.79 Å². The van der Waals surface area contributed by atoms with Crippen LogP contribution >= 0.6 is 0 Å². The maximum Gasteiger partial charge on any atom is 0.231 e. The molecular formula is C23H26N2O4. The Morgan fingerprint density at radius 1 is 1.21 bits per heavy atom. The third-order valence-electron chi connectivity index (χ3n) is 5.34. The van der Waals surface area contributed by atoms with Crippen LogP contribution < -0.4 is 14.8 Å². The van der Waals surface area contributed by atoms with Gasteiger partial charge in [-0.2, -0.15) is 0 Å². The van der Waals surface area contributed by atoms with E-state index in [2.05, 4.69) is 28.2 Å². The van der Waals surface area contributed by atoms with Gasteiger partial charge in [0.1, 0.15) is 0 Å². The topological polar surface area (TPSA) is 61.7 Å². The fourth-order valence-corrected chi connectivity index (χ4v) is 3.89. The molecule has 1 atom stereocenters. The molecule has 0 saturated carbocycles. The van der Waals surface area contributed by atoms with E-state index in [1.54, 1.807) is 7.11 Å². The van der Waals surface area contributed by atoms with Crippen LogP contribution in [0.4, 0.5) is 0 Å². The maximum absolute atomic E-state index is 12.7. The highest BCUT2D eigenvalue weighted by Gasteiger charge is 2.24. The van der Waals surface area contributed by atoms with Crippen LogP contribution in [0.5, 0.6) is 11.5 Å². The van der Waals surface area contributed by atoms with Crippen LogP contribution in [0.3, 0.4) is 0 Å². The first kappa shape index (κ1) is 19.3. The SMILES string of the molecule is COCCCNC(=O)CC(c1ccc2c(c1)OCO2)c1cn(C)c2ccccc12. The fraction of sp³-hybridized carbons (Fsp3) is 0.348. The van der Waals surface area contributed by atoms with E-state index in [1.165, 1.54) is 0 Å².